The van der Waals surface area contributed by atoms with Gasteiger partial charge in [0.1, 0.15) is 11.5 Å². The third-order valence-electron chi connectivity index (χ3n) is 7.08. The summed E-state index contributed by atoms with van der Waals surface area (Å²) in [5.74, 6) is 0.360. The Balaban J connectivity index is 1.25. The van der Waals surface area contributed by atoms with E-state index in [0.29, 0.717) is 30.3 Å². The molecule has 2 aromatic carbocycles. The number of alkyl halides is 3. The van der Waals surface area contributed by atoms with Crippen molar-refractivity contribution >= 4 is 23.2 Å². The van der Waals surface area contributed by atoms with Crippen LogP contribution in [0.4, 0.5) is 35.2 Å². The Morgan fingerprint density at radius 2 is 1.68 bits per heavy atom. The van der Waals surface area contributed by atoms with Gasteiger partial charge in [-0.05, 0) is 61.5 Å². The third-order valence-corrected chi connectivity index (χ3v) is 7.08. The number of amides is 2. The van der Waals surface area contributed by atoms with Crippen molar-refractivity contribution in [2.75, 3.05) is 49.6 Å². The standard InChI is InChI=1S/C29H31F3N8O/c1-19-24(18-40(37-19)26-4-3-11-34-27(26)33)20-5-8-22(9-6-20)35-28(41)36-23-10-7-21(25(16-23)29(30,31)32)17-39-14-12-38(2)13-15-39/h3-11,16,18H,12-15,17H2,1-2H3,(H2,33,34)(H2,35,36,41). The second-order valence-electron chi connectivity index (χ2n) is 10.1. The molecule has 2 amide bonds. The highest BCUT2D eigenvalue weighted by Gasteiger charge is 2.34. The minimum absolute atomic E-state index is 0.0614. The average molecular weight is 565 g/mol. The number of nitrogen functional groups attached to an aromatic ring is 1. The van der Waals surface area contributed by atoms with Gasteiger partial charge in [0.2, 0.25) is 0 Å². The Kier molecular flexibility index (Phi) is 7.95. The lowest BCUT2D eigenvalue weighted by atomic mass is 10.0. The van der Waals surface area contributed by atoms with Gasteiger partial charge in [-0.2, -0.15) is 18.3 Å². The molecule has 214 valence electrons. The Hall–Kier alpha value is -4.42. The van der Waals surface area contributed by atoms with Crippen LogP contribution in [0.3, 0.4) is 0 Å². The highest BCUT2D eigenvalue weighted by Crippen LogP contribution is 2.35. The van der Waals surface area contributed by atoms with E-state index in [-0.39, 0.29) is 17.8 Å². The molecule has 0 aliphatic carbocycles. The van der Waals surface area contributed by atoms with Gasteiger partial charge in [0.25, 0.3) is 0 Å². The Labute approximate surface area is 235 Å². The molecule has 4 N–H and O–H groups in total. The number of halogens is 3. The maximum Gasteiger partial charge on any atom is 0.416 e. The number of anilines is 3. The number of pyridine rings is 1. The average Bonchev–Trinajstić information content (AvgIpc) is 3.32. The minimum Gasteiger partial charge on any atom is -0.382 e. The molecule has 3 heterocycles. The zero-order chi connectivity index (χ0) is 29.1. The number of likely N-dealkylation sites (N-methyl/N-ethyl adjacent to an activating group) is 1. The second kappa shape index (κ2) is 11.6. The van der Waals surface area contributed by atoms with E-state index in [4.69, 9.17) is 5.73 Å². The topological polar surface area (TPSA) is 104 Å². The lowest BCUT2D eigenvalue weighted by Crippen LogP contribution is -2.44. The molecule has 1 saturated heterocycles. The number of aromatic nitrogens is 3. The predicted molar refractivity (Wildman–Crippen MR) is 153 cm³/mol. The van der Waals surface area contributed by atoms with Crippen LogP contribution in [-0.4, -0.2) is 63.8 Å². The van der Waals surface area contributed by atoms with E-state index in [1.54, 1.807) is 29.1 Å². The van der Waals surface area contributed by atoms with Crippen LogP contribution in [0.1, 0.15) is 16.8 Å². The smallest absolute Gasteiger partial charge is 0.382 e. The summed E-state index contributed by atoms with van der Waals surface area (Å²) in [4.78, 5) is 20.9. The van der Waals surface area contributed by atoms with Gasteiger partial charge in [-0.3, -0.25) is 4.90 Å². The first-order chi connectivity index (χ1) is 19.6. The molecule has 12 heteroatoms. The molecule has 2 aromatic heterocycles. The van der Waals surface area contributed by atoms with Crippen molar-refractivity contribution in [3.05, 3.63) is 83.8 Å². The first-order valence-electron chi connectivity index (χ1n) is 13.1. The number of nitrogens with zero attached hydrogens (tertiary/aromatic N) is 5. The maximum atomic E-state index is 13.9. The van der Waals surface area contributed by atoms with Crippen LogP contribution < -0.4 is 16.4 Å². The van der Waals surface area contributed by atoms with Gasteiger partial charge >= 0.3 is 12.2 Å². The molecular weight excluding hydrogens is 533 g/mol. The molecular formula is C29H31F3N8O. The SMILES string of the molecule is Cc1nn(-c2cccnc2N)cc1-c1ccc(NC(=O)Nc2ccc(CN3CCN(C)CC3)c(C(F)(F)F)c2)cc1. The minimum atomic E-state index is -4.54. The zero-order valence-corrected chi connectivity index (χ0v) is 22.7. The number of benzene rings is 2. The van der Waals surface area contributed by atoms with E-state index in [1.807, 2.05) is 43.3 Å². The van der Waals surface area contributed by atoms with Gasteiger partial charge in [0.15, 0.2) is 0 Å². The number of hydrogen-bond acceptors (Lipinski definition) is 6. The van der Waals surface area contributed by atoms with Crippen LogP contribution in [0.15, 0.2) is 67.0 Å². The molecule has 4 aromatic rings. The Morgan fingerprint density at radius 1 is 1.00 bits per heavy atom. The summed E-state index contributed by atoms with van der Waals surface area (Å²) in [5, 5.41) is 9.73. The number of nitrogens with two attached hydrogens (primary N) is 1. The second-order valence-corrected chi connectivity index (χ2v) is 10.1. The van der Waals surface area contributed by atoms with Crippen LogP contribution in [0, 0.1) is 6.92 Å². The molecule has 1 fully saturated rings. The summed E-state index contributed by atoms with van der Waals surface area (Å²) in [5.41, 5.74) is 9.15. The Bertz CT molecular complexity index is 1530. The largest absolute Gasteiger partial charge is 0.416 e. The van der Waals surface area contributed by atoms with Gasteiger partial charge in [-0.15, -0.1) is 0 Å². The van der Waals surface area contributed by atoms with Crippen LogP contribution in [0.25, 0.3) is 16.8 Å². The molecule has 5 rings (SSSR count). The fourth-order valence-corrected chi connectivity index (χ4v) is 4.80. The van der Waals surface area contributed by atoms with Gasteiger partial charge in [-0.25, -0.2) is 14.5 Å². The number of hydrogen-bond donors (Lipinski definition) is 3. The van der Waals surface area contributed by atoms with Crippen LogP contribution in [0.2, 0.25) is 0 Å². The van der Waals surface area contributed by atoms with E-state index >= 15 is 0 Å². The monoisotopic (exact) mass is 564 g/mol. The van der Waals surface area contributed by atoms with E-state index in [9.17, 15) is 18.0 Å². The number of aryl methyl sites for hydroxylation is 1. The first-order valence-corrected chi connectivity index (χ1v) is 13.1. The van der Waals surface area contributed by atoms with Crippen molar-refractivity contribution in [1.82, 2.24) is 24.6 Å². The van der Waals surface area contributed by atoms with E-state index in [1.165, 1.54) is 12.1 Å². The van der Waals surface area contributed by atoms with Crippen LogP contribution >= 0.6 is 0 Å². The number of carbonyl (C=O) groups is 1. The van der Waals surface area contributed by atoms with Gasteiger partial charge < -0.3 is 21.3 Å². The van der Waals surface area contributed by atoms with Crippen molar-refractivity contribution in [3.63, 3.8) is 0 Å². The normalized spacial score (nSPS) is 14.7. The van der Waals surface area contributed by atoms with E-state index in [0.717, 1.165) is 36.0 Å². The summed E-state index contributed by atoms with van der Waals surface area (Å²) in [6.07, 6.45) is -1.08. The molecule has 41 heavy (non-hydrogen) atoms. The van der Waals surface area contributed by atoms with Crippen LogP contribution in [-0.2, 0) is 12.7 Å². The van der Waals surface area contributed by atoms with Crippen molar-refractivity contribution in [1.29, 1.82) is 0 Å². The quantitative estimate of drug-likeness (QED) is 0.296. The molecule has 0 saturated carbocycles. The maximum absolute atomic E-state index is 13.9. The van der Waals surface area contributed by atoms with Crippen molar-refractivity contribution in [2.45, 2.75) is 19.6 Å². The van der Waals surface area contributed by atoms with E-state index < -0.39 is 17.8 Å². The molecule has 0 atom stereocenters. The zero-order valence-electron chi connectivity index (χ0n) is 22.7. The Morgan fingerprint density at radius 3 is 2.37 bits per heavy atom. The lowest BCUT2D eigenvalue weighted by Gasteiger charge is -2.33. The summed E-state index contributed by atoms with van der Waals surface area (Å²) in [6, 6.07) is 14.0. The third kappa shape index (κ3) is 6.67. The van der Waals surface area contributed by atoms with Crippen molar-refractivity contribution < 1.29 is 18.0 Å². The number of rotatable bonds is 6. The number of nitrogens with one attached hydrogen (secondary N) is 2. The molecule has 9 nitrogen and oxygen atoms in total. The summed E-state index contributed by atoms with van der Waals surface area (Å²) in [6.45, 7) is 5.11. The molecule has 0 bridgehead atoms. The van der Waals surface area contributed by atoms with Crippen molar-refractivity contribution in [2.24, 2.45) is 0 Å². The number of carbonyl (C=O) groups excluding carboxylic acids is 1. The van der Waals surface area contributed by atoms with E-state index in [2.05, 4.69) is 25.6 Å². The number of urea groups is 1. The van der Waals surface area contributed by atoms with Gasteiger partial charge in [-0.1, -0.05) is 18.2 Å². The molecule has 0 spiro atoms. The van der Waals surface area contributed by atoms with Crippen molar-refractivity contribution in [3.8, 4) is 16.8 Å². The lowest BCUT2D eigenvalue weighted by molar-refractivity contribution is -0.138. The summed E-state index contributed by atoms with van der Waals surface area (Å²) in [7, 11) is 2.00. The highest BCUT2D eigenvalue weighted by atomic mass is 19.4. The fraction of sp³-hybridized carbons (Fsp3) is 0.276. The summed E-state index contributed by atoms with van der Waals surface area (Å²) < 4.78 is 43.3. The molecule has 0 unspecified atom stereocenters. The first kappa shape index (κ1) is 28.1. The molecule has 1 aliphatic heterocycles. The molecule has 1 aliphatic rings. The highest BCUT2D eigenvalue weighted by molar-refractivity contribution is 6.00. The summed E-state index contributed by atoms with van der Waals surface area (Å²) >= 11 is 0. The van der Waals surface area contributed by atoms with Crippen LogP contribution in [0.5, 0.6) is 0 Å². The van der Waals surface area contributed by atoms with Gasteiger partial charge in [0, 0.05) is 62.1 Å². The fourth-order valence-electron chi connectivity index (χ4n) is 4.80. The number of piperazine rings is 1. The molecule has 0 radical (unpaired) electrons. The van der Waals surface area contributed by atoms with Gasteiger partial charge in [0.05, 0.1) is 11.3 Å². The predicted octanol–water partition coefficient (Wildman–Crippen LogP) is 5.24.